The van der Waals surface area contributed by atoms with Crippen molar-refractivity contribution >= 4 is 28.3 Å². The summed E-state index contributed by atoms with van der Waals surface area (Å²) < 4.78 is 27.6. The van der Waals surface area contributed by atoms with E-state index in [1.54, 1.807) is 12.1 Å². The van der Waals surface area contributed by atoms with Crippen LogP contribution < -0.4 is 11.1 Å². The summed E-state index contributed by atoms with van der Waals surface area (Å²) in [6.07, 6.45) is 2.56. The lowest BCUT2D eigenvalue weighted by atomic mass is 10.1. The van der Waals surface area contributed by atoms with Crippen LogP contribution in [0, 0.1) is 0 Å². The summed E-state index contributed by atoms with van der Waals surface area (Å²) in [5.74, 6) is -0.232. The molecule has 0 unspecified atom stereocenters. The van der Waals surface area contributed by atoms with Gasteiger partial charge in [0.15, 0.2) is 0 Å². The van der Waals surface area contributed by atoms with E-state index < -0.39 is 10.0 Å². The number of sulfonamides is 1. The first-order valence-corrected chi connectivity index (χ1v) is 10.6. The summed E-state index contributed by atoms with van der Waals surface area (Å²) in [4.78, 5) is 12.4. The Hall–Kier alpha value is -1.93. The van der Waals surface area contributed by atoms with Crippen molar-refractivity contribution in [1.29, 1.82) is 0 Å². The van der Waals surface area contributed by atoms with Crippen molar-refractivity contribution in [2.75, 3.05) is 19.6 Å². The third-order valence-electron chi connectivity index (χ3n) is 4.52. The maximum Gasteiger partial charge on any atom is 0.251 e. The standard InChI is InChI=1S/C20H25N3O3S.ClH/c21-12-14-23(13-11-16-5-2-1-3-6-16)27(25,26)19-8-4-7-17(15-19)20(24)22-18-9-10-18;/h1-8,15,18H,9-14,21H2,(H,22,24);1H. The van der Waals surface area contributed by atoms with Crippen LogP contribution in [-0.4, -0.2) is 44.3 Å². The van der Waals surface area contributed by atoms with Crippen LogP contribution in [0.5, 0.6) is 0 Å². The van der Waals surface area contributed by atoms with Gasteiger partial charge >= 0.3 is 0 Å². The number of benzene rings is 2. The van der Waals surface area contributed by atoms with Gasteiger partial charge in [-0.05, 0) is 43.0 Å². The maximum absolute atomic E-state index is 13.1. The van der Waals surface area contributed by atoms with Crippen LogP contribution in [0.3, 0.4) is 0 Å². The predicted molar refractivity (Wildman–Crippen MR) is 112 cm³/mol. The highest BCUT2D eigenvalue weighted by Crippen LogP contribution is 2.21. The average Bonchev–Trinajstić information content (AvgIpc) is 3.50. The molecule has 8 heteroatoms. The van der Waals surface area contributed by atoms with E-state index >= 15 is 0 Å². The van der Waals surface area contributed by atoms with E-state index in [1.165, 1.54) is 16.4 Å². The van der Waals surface area contributed by atoms with Crippen LogP contribution in [-0.2, 0) is 16.4 Å². The minimum atomic E-state index is -3.73. The Morgan fingerprint density at radius 2 is 1.79 bits per heavy atom. The Morgan fingerprint density at radius 1 is 1.07 bits per heavy atom. The van der Waals surface area contributed by atoms with Crippen molar-refractivity contribution in [2.45, 2.75) is 30.2 Å². The molecule has 1 fully saturated rings. The van der Waals surface area contributed by atoms with Crippen LogP contribution in [0.1, 0.15) is 28.8 Å². The number of nitrogens with zero attached hydrogens (tertiary/aromatic N) is 1. The minimum absolute atomic E-state index is 0. The molecule has 0 aliphatic heterocycles. The quantitative estimate of drug-likeness (QED) is 0.646. The zero-order chi connectivity index (χ0) is 19.3. The highest BCUT2D eigenvalue weighted by Gasteiger charge is 2.26. The molecule has 152 valence electrons. The van der Waals surface area contributed by atoms with Crippen LogP contribution in [0.4, 0.5) is 0 Å². The van der Waals surface area contributed by atoms with E-state index in [0.717, 1.165) is 18.4 Å². The molecule has 3 rings (SSSR count). The van der Waals surface area contributed by atoms with E-state index in [0.29, 0.717) is 18.5 Å². The Labute approximate surface area is 172 Å². The van der Waals surface area contributed by atoms with Gasteiger partial charge in [0.1, 0.15) is 0 Å². The molecule has 0 saturated heterocycles. The molecular weight excluding hydrogens is 398 g/mol. The summed E-state index contributed by atoms with van der Waals surface area (Å²) in [5, 5.41) is 2.88. The Bertz CT molecular complexity index is 887. The third kappa shape index (κ3) is 5.78. The number of halogens is 1. The molecule has 1 saturated carbocycles. The molecule has 0 bridgehead atoms. The summed E-state index contributed by atoms with van der Waals surface area (Å²) in [5.41, 5.74) is 7.07. The largest absolute Gasteiger partial charge is 0.349 e. The van der Waals surface area contributed by atoms with E-state index in [1.807, 2.05) is 30.3 Å². The smallest absolute Gasteiger partial charge is 0.251 e. The molecule has 0 spiro atoms. The van der Waals surface area contributed by atoms with Gasteiger partial charge in [0, 0.05) is 31.2 Å². The number of amides is 1. The van der Waals surface area contributed by atoms with Gasteiger partial charge in [-0.2, -0.15) is 4.31 Å². The number of rotatable bonds is 9. The minimum Gasteiger partial charge on any atom is -0.349 e. The first-order chi connectivity index (χ1) is 13.0. The van der Waals surface area contributed by atoms with Crippen LogP contribution in [0.2, 0.25) is 0 Å². The van der Waals surface area contributed by atoms with Crippen LogP contribution in [0.15, 0.2) is 59.5 Å². The second-order valence-electron chi connectivity index (χ2n) is 6.70. The molecule has 28 heavy (non-hydrogen) atoms. The average molecular weight is 424 g/mol. The molecule has 1 aliphatic rings. The van der Waals surface area contributed by atoms with Gasteiger partial charge in [-0.15, -0.1) is 12.4 Å². The fourth-order valence-corrected chi connectivity index (χ4v) is 4.34. The summed E-state index contributed by atoms with van der Waals surface area (Å²) >= 11 is 0. The molecule has 0 heterocycles. The van der Waals surface area contributed by atoms with E-state index in [4.69, 9.17) is 5.73 Å². The topological polar surface area (TPSA) is 92.5 Å². The summed E-state index contributed by atoms with van der Waals surface area (Å²) in [7, 11) is -3.73. The lowest BCUT2D eigenvalue weighted by Crippen LogP contribution is -2.37. The number of carbonyl (C=O) groups is 1. The highest BCUT2D eigenvalue weighted by atomic mass is 35.5. The number of carbonyl (C=O) groups excluding carboxylic acids is 1. The molecule has 2 aromatic carbocycles. The monoisotopic (exact) mass is 423 g/mol. The van der Waals surface area contributed by atoms with Gasteiger partial charge in [0.05, 0.1) is 4.90 Å². The number of nitrogens with one attached hydrogen (secondary N) is 1. The predicted octanol–water partition coefficient (Wildman–Crippen LogP) is 2.19. The van der Waals surface area contributed by atoms with Gasteiger partial charge in [0.2, 0.25) is 10.0 Å². The van der Waals surface area contributed by atoms with E-state index in [-0.39, 0.29) is 42.3 Å². The molecule has 2 aromatic rings. The van der Waals surface area contributed by atoms with Crippen LogP contribution in [0.25, 0.3) is 0 Å². The van der Waals surface area contributed by atoms with Crippen LogP contribution >= 0.6 is 12.4 Å². The summed E-state index contributed by atoms with van der Waals surface area (Å²) in [6.45, 7) is 0.797. The normalized spacial score (nSPS) is 13.8. The van der Waals surface area contributed by atoms with Crippen molar-refractivity contribution < 1.29 is 13.2 Å². The summed E-state index contributed by atoms with van der Waals surface area (Å²) in [6, 6.07) is 16.1. The molecule has 3 N–H and O–H groups in total. The van der Waals surface area contributed by atoms with Crippen molar-refractivity contribution in [3.05, 3.63) is 65.7 Å². The van der Waals surface area contributed by atoms with Gasteiger partial charge < -0.3 is 11.1 Å². The molecule has 0 atom stereocenters. The second-order valence-corrected chi connectivity index (χ2v) is 8.64. The highest BCUT2D eigenvalue weighted by molar-refractivity contribution is 7.89. The fraction of sp³-hybridized carbons (Fsp3) is 0.350. The molecule has 0 aromatic heterocycles. The number of nitrogens with two attached hydrogens (primary N) is 1. The number of hydrogen-bond donors (Lipinski definition) is 2. The van der Waals surface area contributed by atoms with Gasteiger partial charge in [-0.3, -0.25) is 4.79 Å². The van der Waals surface area contributed by atoms with Crippen molar-refractivity contribution in [2.24, 2.45) is 5.73 Å². The lowest BCUT2D eigenvalue weighted by Gasteiger charge is -2.22. The Morgan fingerprint density at radius 3 is 2.43 bits per heavy atom. The molecule has 6 nitrogen and oxygen atoms in total. The van der Waals surface area contributed by atoms with Crippen molar-refractivity contribution in [1.82, 2.24) is 9.62 Å². The van der Waals surface area contributed by atoms with Gasteiger partial charge in [0.25, 0.3) is 5.91 Å². The molecule has 0 radical (unpaired) electrons. The van der Waals surface area contributed by atoms with E-state index in [9.17, 15) is 13.2 Å². The Kier molecular flexibility index (Phi) is 8.00. The Balaban J connectivity index is 0.00000280. The van der Waals surface area contributed by atoms with Gasteiger partial charge in [-0.25, -0.2) is 8.42 Å². The van der Waals surface area contributed by atoms with Gasteiger partial charge in [-0.1, -0.05) is 36.4 Å². The lowest BCUT2D eigenvalue weighted by molar-refractivity contribution is 0.0951. The number of hydrogen-bond acceptors (Lipinski definition) is 4. The molecule has 1 aliphatic carbocycles. The SMILES string of the molecule is Cl.NCCN(CCc1ccccc1)S(=O)(=O)c1cccc(C(=O)NC2CC2)c1. The fourth-order valence-electron chi connectivity index (χ4n) is 2.84. The molecule has 1 amide bonds. The maximum atomic E-state index is 13.1. The van der Waals surface area contributed by atoms with Crippen molar-refractivity contribution in [3.8, 4) is 0 Å². The molecular formula is C20H26ClN3O3S. The third-order valence-corrected chi connectivity index (χ3v) is 6.41. The second kappa shape index (κ2) is 10.0. The zero-order valence-electron chi connectivity index (χ0n) is 15.6. The van der Waals surface area contributed by atoms with E-state index in [2.05, 4.69) is 5.32 Å². The zero-order valence-corrected chi connectivity index (χ0v) is 17.2. The first-order valence-electron chi connectivity index (χ1n) is 9.16. The van der Waals surface area contributed by atoms with Crippen molar-refractivity contribution in [3.63, 3.8) is 0 Å². The first kappa shape index (κ1) is 22.4.